The zero-order chi connectivity index (χ0) is 18.5. The van der Waals surface area contributed by atoms with Gasteiger partial charge in [0.1, 0.15) is 0 Å². The number of nitrogens with one attached hydrogen (secondary N) is 1. The summed E-state index contributed by atoms with van der Waals surface area (Å²) in [6, 6.07) is 9.12. The molecule has 0 aliphatic rings. The number of halogens is 1. The van der Waals surface area contributed by atoms with Crippen LogP contribution < -0.4 is 5.32 Å². The number of benzene rings is 1. The summed E-state index contributed by atoms with van der Waals surface area (Å²) >= 11 is 7.46. The van der Waals surface area contributed by atoms with Crippen molar-refractivity contribution in [2.24, 2.45) is 0 Å². The highest BCUT2D eigenvalue weighted by molar-refractivity contribution is 7.99. The van der Waals surface area contributed by atoms with Crippen LogP contribution in [-0.2, 0) is 11.2 Å². The minimum absolute atomic E-state index is 0.154. The number of hydrogen-bond donors (Lipinski definition) is 1. The number of aryl methyl sites for hydroxylation is 2. The zero-order valence-corrected chi connectivity index (χ0v) is 15.9. The molecule has 8 heteroatoms. The van der Waals surface area contributed by atoms with Crippen LogP contribution in [0.3, 0.4) is 0 Å². The quantitative estimate of drug-likeness (QED) is 0.631. The van der Waals surface area contributed by atoms with E-state index < -0.39 is 0 Å². The van der Waals surface area contributed by atoms with Crippen molar-refractivity contribution in [3.8, 4) is 11.5 Å². The Morgan fingerprint density at radius 3 is 2.88 bits per heavy atom. The molecule has 6 nitrogen and oxygen atoms in total. The fraction of sp³-hybridized carbons (Fsp3) is 0.222. The summed E-state index contributed by atoms with van der Waals surface area (Å²) in [5.74, 6) is 1.16. The van der Waals surface area contributed by atoms with Crippen molar-refractivity contribution in [1.82, 2.24) is 15.1 Å². The third kappa shape index (κ3) is 4.62. The smallest absolute Gasteiger partial charge is 0.258 e. The van der Waals surface area contributed by atoms with Crippen LogP contribution in [0.25, 0.3) is 11.5 Å². The summed E-state index contributed by atoms with van der Waals surface area (Å²) in [5.41, 5.74) is 2.41. The van der Waals surface area contributed by atoms with E-state index in [1.54, 1.807) is 18.3 Å². The Morgan fingerprint density at radius 1 is 1.31 bits per heavy atom. The molecule has 0 aliphatic heterocycles. The molecule has 1 aromatic carbocycles. The minimum Gasteiger partial charge on any atom is -0.334 e. The summed E-state index contributed by atoms with van der Waals surface area (Å²) in [6.45, 7) is 3.90. The van der Waals surface area contributed by atoms with E-state index in [0.29, 0.717) is 33.9 Å². The second-order valence-corrected chi connectivity index (χ2v) is 6.98. The first-order valence-electron chi connectivity index (χ1n) is 8.03. The van der Waals surface area contributed by atoms with Crippen molar-refractivity contribution < 1.29 is 9.32 Å². The summed E-state index contributed by atoms with van der Waals surface area (Å²) in [4.78, 5) is 20.7. The van der Waals surface area contributed by atoms with Gasteiger partial charge in [-0.1, -0.05) is 41.5 Å². The van der Waals surface area contributed by atoms with E-state index in [-0.39, 0.29) is 11.7 Å². The fourth-order valence-corrected chi connectivity index (χ4v) is 3.16. The van der Waals surface area contributed by atoms with E-state index in [1.165, 1.54) is 11.8 Å². The predicted octanol–water partition coefficient (Wildman–Crippen LogP) is 4.39. The maximum Gasteiger partial charge on any atom is 0.258 e. The molecule has 3 rings (SSSR count). The number of rotatable bonds is 6. The molecule has 0 radical (unpaired) electrons. The molecule has 0 bridgehead atoms. The van der Waals surface area contributed by atoms with Gasteiger partial charge in [-0.25, -0.2) is 4.98 Å². The minimum atomic E-state index is -0.154. The first-order valence-corrected chi connectivity index (χ1v) is 9.39. The Hall–Kier alpha value is -2.38. The molecular formula is C18H17ClN4O2S. The summed E-state index contributed by atoms with van der Waals surface area (Å²) in [7, 11) is 0. The molecule has 0 aliphatic carbocycles. The fourth-order valence-electron chi connectivity index (χ4n) is 2.18. The Kier molecular flexibility index (Phi) is 5.90. The monoisotopic (exact) mass is 388 g/mol. The van der Waals surface area contributed by atoms with Crippen molar-refractivity contribution in [3.63, 3.8) is 0 Å². The number of carbonyl (C=O) groups excluding carboxylic acids is 1. The first-order chi connectivity index (χ1) is 12.5. The van der Waals surface area contributed by atoms with E-state index in [9.17, 15) is 4.79 Å². The van der Waals surface area contributed by atoms with Crippen molar-refractivity contribution in [3.05, 3.63) is 52.9 Å². The van der Waals surface area contributed by atoms with E-state index in [4.69, 9.17) is 16.1 Å². The SMILES string of the molecule is CCc1noc(-c2ccnc(SCC(=O)Nc3ccc(C)cc3Cl)c2)n1. The van der Waals surface area contributed by atoms with Crippen molar-refractivity contribution in [2.75, 3.05) is 11.1 Å². The van der Waals surface area contributed by atoms with Crippen LogP contribution in [0.2, 0.25) is 5.02 Å². The molecule has 2 heterocycles. The van der Waals surface area contributed by atoms with Gasteiger partial charge >= 0.3 is 0 Å². The maximum absolute atomic E-state index is 12.2. The van der Waals surface area contributed by atoms with Crippen molar-refractivity contribution in [1.29, 1.82) is 0 Å². The number of carbonyl (C=O) groups is 1. The van der Waals surface area contributed by atoms with Gasteiger partial charge < -0.3 is 9.84 Å². The van der Waals surface area contributed by atoms with Crippen molar-refractivity contribution >= 4 is 35.0 Å². The average Bonchev–Trinajstić information content (AvgIpc) is 3.12. The molecule has 0 unspecified atom stereocenters. The molecule has 1 amide bonds. The number of aromatic nitrogens is 3. The van der Waals surface area contributed by atoms with Crippen LogP contribution in [0.1, 0.15) is 18.3 Å². The highest BCUT2D eigenvalue weighted by Gasteiger charge is 2.11. The highest BCUT2D eigenvalue weighted by atomic mass is 35.5. The normalized spacial score (nSPS) is 10.7. The standard InChI is InChI=1S/C18H17ClN4O2S/c1-3-15-22-18(25-23-15)12-6-7-20-17(9-12)26-10-16(24)21-14-5-4-11(2)8-13(14)19/h4-9H,3,10H2,1-2H3,(H,21,24). The lowest BCUT2D eigenvalue weighted by atomic mass is 10.2. The Balaban J connectivity index is 1.62. The van der Waals surface area contributed by atoms with E-state index in [1.807, 2.05) is 32.0 Å². The zero-order valence-electron chi connectivity index (χ0n) is 14.3. The van der Waals surface area contributed by atoms with Crippen LogP contribution in [0.5, 0.6) is 0 Å². The number of thioether (sulfide) groups is 1. The lowest BCUT2D eigenvalue weighted by molar-refractivity contribution is -0.113. The van der Waals surface area contributed by atoms with Crippen LogP contribution in [0.4, 0.5) is 5.69 Å². The Labute approximate surface area is 160 Å². The summed E-state index contributed by atoms with van der Waals surface area (Å²) in [5, 5.41) is 7.91. The molecular weight excluding hydrogens is 372 g/mol. The first kappa shape index (κ1) is 18.4. The molecule has 0 atom stereocenters. The number of anilines is 1. The van der Waals surface area contributed by atoms with Crippen LogP contribution in [0.15, 0.2) is 46.1 Å². The lowest BCUT2D eigenvalue weighted by Crippen LogP contribution is -2.14. The Morgan fingerprint density at radius 2 is 2.15 bits per heavy atom. The second-order valence-electron chi connectivity index (χ2n) is 5.57. The van der Waals surface area contributed by atoms with Gasteiger partial charge in [0, 0.05) is 18.2 Å². The largest absolute Gasteiger partial charge is 0.334 e. The highest BCUT2D eigenvalue weighted by Crippen LogP contribution is 2.25. The van der Waals surface area contributed by atoms with Gasteiger partial charge in [-0.15, -0.1) is 0 Å². The van der Waals surface area contributed by atoms with Crippen LogP contribution in [-0.4, -0.2) is 26.8 Å². The third-order valence-electron chi connectivity index (χ3n) is 3.52. The molecule has 0 fully saturated rings. The predicted molar refractivity (Wildman–Crippen MR) is 102 cm³/mol. The van der Waals surface area contributed by atoms with E-state index in [0.717, 1.165) is 11.1 Å². The molecule has 134 valence electrons. The van der Waals surface area contributed by atoms with Gasteiger partial charge in [0.25, 0.3) is 5.89 Å². The van der Waals surface area contributed by atoms with Gasteiger partial charge in [0.15, 0.2) is 5.82 Å². The van der Waals surface area contributed by atoms with Gasteiger partial charge in [-0.3, -0.25) is 4.79 Å². The molecule has 0 spiro atoms. The molecule has 1 N–H and O–H groups in total. The van der Waals surface area contributed by atoms with E-state index >= 15 is 0 Å². The summed E-state index contributed by atoms with van der Waals surface area (Å²) < 4.78 is 5.23. The molecule has 26 heavy (non-hydrogen) atoms. The molecule has 2 aromatic heterocycles. The van der Waals surface area contributed by atoms with Crippen LogP contribution >= 0.6 is 23.4 Å². The number of hydrogen-bond acceptors (Lipinski definition) is 6. The van der Waals surface area contributed by atoms with Gasteiger partial charge in [0.05, 0.1) is 21.5 Å². The Bertz CT molecular complexity index is 929. The average molecular weight is 389 g/mol. The topological polar surface area (TPSA) is 80.9 Å². The lowest BCUT2D eigenvalue weighted by Gasteiger charge is -2.07. The molecule has 0 saturated carbocycles. The van der Waals surface area contributed by atoms with Crippen molar-refractivity contribution in [2.45, 2.75) is 25.3 Å². The number of pyridine rings is 1. The molecule has 0 saturated heterocycles. The molecule has 3 aromatic rings. The third-order valence-corrected chi connectivity index (χ3v) is 4.75. The van der Waals surface area contributed by atoms with Gasteiger partial charge in [-0.2, -0.15) is 4.98 Å². The second kappa shape index (κ2) is 8.33. The number of amides is 1. The van der Waals surface area contributed by atoms with Gasteiger partial charge in [0.2, 0.25) is 5.91 Å². The number of nitrogens with zero attached hydrogens (tertiary/aromatic N) is 3. The maximum atomic E-state index is 12.2. The van der Waals surface area contributed by atoms with Gasteiger partial charge in [-0.05, 0) is 36.8 Å². The summed E-state index contributed by atoms with van der Waals surface area (Å²) in [6.07, 6.45) is 2.36. The van der Waals surface area contributed by atoms with Crippen LogP contribution in [0, 0.1) is 6.92 Å². The van der Waals surface area contributed by atoms with E-state index in [2.05, 4.69) is 20.4 Å².